The van der Waals surface area contributed by atoms with Crippen LogP contribution in [-0.2, 0) is 16.1 Å². The van der Waals surface area contributed by atoms with Crippen LogP contribution in [0, 0.1) is 6.92 Å². The summed E-state index contributed by atoms with van der Waals surface area (Å²) < 4.78 is 0. The first-order valence-corrected chi connectivity index (χ1v) is 9.46. The van der Waals surface area contributed by atoms with E-state index >= 15 is 0 Å². The van der Waals surface area contributed by atoms with Gasteiger partial charge in [0.15, 0.2) is 5.82 Å². The zero-order valence-corrected chi connectivity index (χ0v) is 16.0. The van der Waals surface area contributed by atoms with E-state index in [1.54, 1.807) is 0 Å². The van der Waals surface area contributed by atoms with Crippen LogP contribution in [0.25, 0.3) is 0 Å². The van der Waals surface area contributed by atoms with Crippen molar-refractivity contribution < 1.29 is 14.4 Å². The highest BCUT2D eigenvalue weighted by atomic mass is 16.2. The van der Waals surface area contributed by atoms with Crippen molar-refractivity contribution in [2.24, 2.45) is 0 Å². The lowest BCUT2D eigenvalue weighted by molar-refractivity contribution is -0.144. The molecule has 1 saturated heterocycles. The molecule has 10 heteroatoms. The van der Waals surface area contributed by atoms with Gasteiger partial charge in [0.2, 0.25) is 11.9 Å². The minimum absolute atomic E-state index is 0.0517. The molecule has 4 amide bonds. The highest BCUT2D eigenvalue weighted by molar-refractivity contribution is 6.44. The smallest absolute Gasteiger partial charge is 0.334 e. The molecule has 2 aromatic rings. The number of nitrogens with one attached hydrogen (secondary N) is 1. The van der Waals surface area contributed by atoms with Gasteiger partial charge in [0.25, 0.3) is 0 Å². The fourth-order valence-corrected chi connectivity index (χ4v) is 3.69. The fourth-order valence-electron chi connectivity index (χ4n) is 3.69. The molecule has 29 heavy (non-hydrogen) atoms. The summed E-state index contributed by atoms with van der Waals surface area (Å²) in [6, 6.07) is 6.72. The minimum Gasteiger partial charge on any atom is -0.368 e. The van der Waals surface area contributed by atoms with E-state index in [0.29, 0.717) is 0 Å². The number of anilines is 3. The van der Waals surface area contributed by atoms with E-state index in [4.69, 9.17) is 5.73 Å². The van der Waals surface area contributed by atoms with E-state index in [1.165, 1.54) is 0 Å². The predicted octanol–water partition coefficient (Wildman–Crippen LogP) is 1.74. The summed E-state index contributed by atoms with van der Waals surface area (Å²) in [4.78, 5) is 51.7. The van der Waals surface area contributed by atoms with Crippen LogP contribution in [0.15, 0.2) is 24.3 Å². The van der Waals surface area contributed by atoms with E-state index < -0.39 is 17.8 Å². The molecule has 1 aliphatic heterocycles. The Balaban J connectivity index is 1.55. The monoisotopic (exact) mass is 395 g/mol. The predicted molar refractivity (Wildman–Crippen MR) is 104 cm³/mol. The Bertz CT molecular complexity index is 988. The second-order valence-corrected chi connectivity index (χ2v) is 7.16. The lowest BCUT2D eigenvalue weighted by atomic mass is 10.2. The number of hydrogen-bond donors (Lipinski definition) is 2. The first kappa shape index (κ1) is 18.8. The maximum Gasteiger partial charge on any atom is 0.334 e. The van der Waals surface area contributed by atoms with Crippen LogP contribution in [0.1, 0.15) is 37.1 Å². The zero-order chi connectivity index (χ0) is 20.5. The van der Waals surface area contributed by atoms with E-state index in [-0.39, 0.29) is 30.3 Å². The van der Waals surface area contributed by atoms with Crippen molar-refractivity contribution in [1.29, 1.82) is 0 Å². The number of hydrogen-bond acceptors (Lipinski definition) is 8. The number of amides is 4. The number of urea groups is 1. The number of aryl methyl sites for hydroxylation is 1. The normalized spacial score (nSPS) is 17.5. The maximum absolute atomic E-state index is 12.7. The SMILES string of the molecule is Cc1ccccc1Nc1nc(N)nc(CN2C(=O)C(=O)N(C3CCCC3)C2=O)n1. The number of rotatable bonds is 5. The average molecular weight is 395 g/mol. The summed E-state index contributed by atoms with van der Waals surface area (Å²) in [6.45, 7) is 1.68. The van der Waals surface area contributed by atoms with Crippen molar-refractivity contribution in [2.45, 2.75) is 45.2 Å². The summed E-state index contributed by atoms with van der Waals surface area (Å²) in [7, 11) is 0. The molecule has 10 nitrogen and oxygen atoms in total. The number of carbonyl (C=O) groups is 3. The quantitative estimate of drug-likeness (QED) is 0.577. The summed E-state index contributed by atoms with van der Waals surface area (Å²) in [6.07, 6.45) is 3.32. The molecule has 0 unspecified atom stereocenters. The molecule has 1 aromatic heterocycles. The van der Waals surface area contributed by atoms with Gasteiger partial charge < -0.3 is 11.1 Å². The Morgan fingerprint density at radius 2 is 1.79 bits per heavy atom. The van der Waals surface area contributed by atoms with Crippen LogP contribution < -0.4 is 11.1 Å². The Hall–Kier alpha value is -3.56. The Kier molecular flexibility index (Phi) is 4.83. The number of nitrogen functional groups attached to an aromatic ring is 1. The topological polar surface area (TPSA) is 134 Å². The van der Waals surface area contributed by atoms with Gasteiger partial charge in [0.05, 0.1) is 6.54 Å². The van der Waals surface area contributed by atoms with E-state index in [9.17, 15) is 14.4 Å². The van der Waals surface area contributed by atoms with Gasteiger partial charge >= 0.3 is 17.8 Å². The molecule has 0 spiro atoms. The summed E-state index contributed by atoms with van der Waals surface area (Å²) in [5, 5.41) is 3.06. The van der Waals surface area contributed by atoms with Crippen molar-refractivity contribution in [3.63, 3.8) is 0 Å². The number of benzene rings is 1. The standard InChI is InChI=1S/C19H21N7O3/c1-11-6-2-5-9-13(11)21-18-23-14(22-17(20)24-18)10-25-15(27)16(28)26(19(25)29)12-7-3-4-8-12/h2,5-6,9,12H,3-4,7-8,10H2,1H3,(H3,20,21,22,23,24). The van der Waals surface area contributed by atoms with E-state index in [1.807, 2.05) is 31.2 Å². The number of aromatic nitrogens is 3. The third-order valence-corrected chi connectivity index (χ3v) is 5.16. The van der Waals surface area contributed by atoms with Crippen LogP contribution in [0.4, 0.5) is 22.4 Å². The van der Waals surface area contributed by atoms with Crippen molar-refractivity contribution >= 4 is 35.4 Å². The summed E-state index contributed by atoms with van der Waals surface area (Å²) in [5.41, 5.74) is 7.55. The molecule has 1 aliphatic carbocycles. The minimum atomic E-state index is -0.866. The third kappa shape index (κ3) is 3.60. The zero-order valence-electron chi connectivity index (χ0n) is 16.0. The molecule has 2 heterocycles. The van der Waals surface area contributed by atoms with Gasteiger partial charge in [-0.15, -0.1) is 0 Å². The Morgan fingerprint density at radius 3 is 2.52 bits per heavy atom. The first-order chi connectivity index (χ1) is 13.9. The molecule has 4 rings (SSSR count). The van der Waals surface area contributed by atoms with Gasteiger partial charge in [0, 0.05) is 11.7 Å². The second-order valence-electron chi connectivity index (χ2n) is 7.16. The Morgan fingerprint density at radius 1 is 1.07 bits per heavy atom. The maximum atomic E-state index is 12.7. The number of carbonyl (C=O) groups excluding carboxylic acids is 3. The lowest BCUT2D eigenvalue weighted by Gasteiger charge is -2.20. The summed E-state index contributed by atoms with van der Waals surface area (Å²) >= 11 is 0. The van der Waals surface area contributed by atoms with E-state index in [0.717, 1.165) is 46.7 Å². The lowest BCUT2D eigenvalue weighted by Crippen LogP contribution is -2.39. The fraction of sp³-hybridized carbons (Fsp3) is 0.368. The van der Waals surface area contributed by atoms with Crippen molar-refractivity contribution in [2.75, 3.05) is 11.1 Å². The summed E-state index contributed by atoms with van der Waals surface area (Å²) in [5.74, 6) is -1.39. The van der Waals surface area contributed by atoms with E-state index in [2.05, 4.69) is 20.3 Å². The number of imide groups is 2. The Labute approximate surface area is 167 Å². The van der Waals surface area contributed by atoms with Crippen LogP contribution in [0.2, 0.25) is 0 Å². The van der Waals surface area contributed by atoms with Gasteiger partial charge in [-0.05, 0) is 31.4 Å². The molecule has 2 fully saturated rings. The van der Waals surface area contributed by atoms with Crippen LogP contribution in [-0.4, -0.2) is 48.6 Å². The highest BCUT2D eigenvalue weighted by Crippen LogP contribution is 2.28. The molecular formula is C19H21N7O3. The molecule has 1 aromatic carbocycles. The second kappa shape index (κ2) is 7.46. The number of nitrogens with two attached hydrogens (primary N) is 1. The van der Waals surface area contributed by atoms with Crippen LogP contribution >= 0.6 is 0 Å². The van der Waals surface area contributed by atoms with Gasteiger partial charge in [-0.1, -0.05) is 31.0 Å². The molecule has 2 aliphatic rings. The molecule has 150 valence electrons. The van der Waals surface area contributed by atoms with Gasteiger partial charge in [-0.2, -0.15) is 15.0 Å². The molecule has 0 radical (unpaired) electrons. The van der Waals surface area contributed by atoms with Gasteiger partial charge in [-0.25, -0.2) is 9.69 Å². The van der Waals surface area contributed by atoms with Crippen molar-refractivity contribution in [1.82, 2.24) is 24.8 Å². The van der Waals surface area contributed by atoms with Gasteiger partial charge in [0.1, 0.15) is 0 Å². The molecular weight excluding hydrogens is 374 g/mol. The highest BCUT2D eigenvalue weighted by Gasteiger charge is 2.48. The third-order valence-electron chi connectivity index (χ3n) is 5.16. The molecule has 0 atom stereocenters. The van der Waals surface area contributed by atoms with Crippen LogP contribution in [0.3, 0.4) is 0 Å². The van der Waals surface area contributed by atoms with Crippen molar-refractivity contribution in [3.05, 3.63) is 35.7 Å². The molecule has 0 bridgehead atoms. The van der Waals surface area contributed by atoms with Crippen LogP contribution in [0.5, 0.6) is 0 Å². The number of nitrogens with zero attached hydrogens (tertiary/aromatic N) is 5. The molecule has 1 saturated carbocycles. The van der Waals surface area contributed by atoms with Crippen molar-refractivity contribution in [3.8, 4) is 0 Å². The largest absolute Gasteiger partial charge is 0.368 e. The molecule has 3 N–H and O–H groups in total. The number of para-hydroxylation sites is 1. The average Bonchev–Trinajstić information content (AvgIpc) is 3.27. The first-order valence-electron chi connectivity index (χ1n) is 9.46. The van der Waals surface area contributed by atoms with Gasteiger partial charge in [-0.3, -0.25) is 14.5 Å².